The highest BCUT2D eigenvalue weighted by Gasteiger charge is 2.17. The first-order valence-corrected chi connectivity index (χ1v) is 16.3. The molecule has 0 atom stereocenters. The van der Waals surface area contributed by atoms with Gasteiger partial charge in [0.1, 0.15) is 0 Å². The summed E-state index contributed by atoms with van der Waals surface area (Å²) in [5.41, 5.74) is 11.6. The first-order chi connectivity index (χ1) is 24.2. The van der Waals surface area contributed by atoms with Crippen LogP contribution < -0.4 is 0 Å². The van der Waals surface area contributed by atoms with Crippen LogP contribution in [0, 0.1) is 22.7 Å². The SMILES string of the molecule is N#Cc1cc(-c2ccc(C#N)c(Cn3c4ccccc4c4ccccc43)c2)cc(-c2ccccc2-n2c3ccccc3c3ccccc32)c1. The monoisotopic (exact) mass is 624 g/mol. The summed E-state index contributed by atoms with van der Waals surface area (Å²) < 4.78 is 4.62. The minimum Gasteiger partial charge on any atom is -0.336 e. The van der Waals surface area contributed by atoms with Gasteiger partial charge in [0, 0.05) is 44.7 Å². The Morgan fingerprint density at radius 1 is 0.449 bits per heavy atom. The fraction of sp³-hybridized carbons (Fsp3) is 0.0222. The van der Waals surface area contributed by atoms with Crippen molar-refractivity contribution in [3.05, 3.63) is 174 Å². The third kappa shape index (κ3) is 4.59. The standard InChI is InChI=1S/C45H28N4/c46-27-30-23-33(31-21-22-32(28-47)35(25-31)29-48-41-16-6-2-12-37(41)38-13-3-7-17-42(38)48)26-34(24-30)36-11-1-8-18-43(36)49-44-19-9-4-14-39(44)40-15-5-10-20-45(40)49/h1-26H,29H2. The third-order valence-electron chi connectivity index (χ3n) is 9.67. The van der Waals surface area contributed by atoms with Gasteiger partial charge in [-0.1, -0.05) is 97.1 Å². The Morgan fingerprint density at radius 2 is 0.980 bits per heavy atom. The zero-order chi connectivity index (χ0) is 32.9. The number of aromatic nitrogens is 2. The summed E-state index contributed by atoms with van der Waals surface area (Å²) in [6.07, 6.45) is 0. The molecule has 0 aliphatic rings. The Morgan fingerprint density at radius 3 is 1.59 bits per heavy atom. The van der Waals surface area contributed by atoms with Crippen molar-refractivity contribution in [1.29, 1.82) is 10.5 Å². The molecule has 2 heterocycles. The summed E-state index contributed by atoms with van der Waals surface area (Å²) in [5.74, 6) is 0. The van der Waals surface area contributed by atoms with Crippen LogP contribution in [0.4, 0.5) is 0 Å². The van der Waals surface area contributed by atoms with E-state index in [0.29, 0.717) is 17.7 Å². The summed E-state index contributed by atoms with van der Waals surface area (Å²) in [7, 11) is 0. The lowest BCUT2D eigenvalue weighted by Crippen LogP contribution is -2.02. The molecular weight excluding hydrogens is 597 g/mol. The molecule has 9 rings (SSSR count). The van der Waals surface area contributed by atoms with E-state index in [1.807, 2.05) is 24.3 Å². The molecule has 4 nitrogen and oxygen atoms in total. The molecule has 0 unspecified atom stereocenters. The van der Waals surface area contributed by atoms with Gasteiger partial charge in [0.15, 0.2) is 0 Å². The lowest BCUT2D eigenvalue weighted by molar-refractivity contribution is 0.866. The smallest absolute Gasteiger partial charge is 0.0995 e. The van der Waals surface area contributed by atoms with Crippen molar-refractivity contribution in [3.63, 3.8) is 0 Å². The van der Waals surface area contributed by atoms with E-state index in [1.165, 1.54) is 21.5 Å². The number of benzene rings is 7. The molecule has 2 aromatic heterocycles. The number of rotatable bonds is 5. The average molecular weight is 625 g/mol. The Hall–Kier alpha value is -6.88. The minimum absolute atomic E-state index is 0.548. The van der Waals surface area contributed by atoms with Crippen LogP contribution in [0.15, 0.2) is 158 Å². The van der Waals surface area contributed by atoms with Crippen LogP contribution in [0.5, 0.6) is 0 Å². The average Bonchev–Trinajstić information content (AvgIpc) is 3.67. The molecule has 0 aliphatic carbocycles. The van der Waals surface area contributed by atoms with Crippen LogP contribution in [0.1, 0.15) is 16.7 Å². The van der Waals surface area contributed by atoms with Crippen molar-refractivity contribution in [2.75, 3.05) is 0 Å². The second-order valence-corrected chi connectivity index (χ2v) is 12.4. The van der Waals surface area contributed by atoms with Gasteiger partial charge in [-0.3, -0.25) is 0 Å². The quantitative estimate of drug-likeness (QED) is 0.191. The van der Waals surface area contributed by atoms with E-state index in [1.54, 1.807) is 0 Å². The molecule has 0 fully saturated rings. The summed E-state index contributed by atoms with van der Waals surface area (Å²) in [6, 6.07) is 59.2. The second-order valence-electron chi connectivity index (χ2n) is 12.4. The summed E-state index contributed by atoms with van der Waals surface area (Å²) >= 11 is 0. The predicted octanol–water partition coefficient (Wildman–Crippen LogP) is 11.0. The minimum atomic E-state index is 0.548. The fourth-order valence-corrected chi connectivity index (χ4v) is 7.47. The molecule has 0 saturated carbocycles. The van der Waals surface area contributed by atoms with Gasteiger partial charge < -0.3 is 9.13 Å². The number of para-hydroxylation sites is 5. The molecule has 228 valence electrons. The fourth-order valence-electron chi connectivity index (χ4n) is 7.47. The van der Waals surface area contributed by atoms with Crippen LogP contribution in [-0.2, 0) is 6.54 Å². The molecule has 9 aromatic rings. The zero-order valence-corrected chi connectivity index (χ0v) is 26.5. The number of nitriles is 2. The predicted molar refractivity (Wildman–Crippen MR) is 200 cm³/mol. The van der Waals surface area contributed by atoms with Gasteiger partial charge >= 0.3 is 0 Å². The topological polar surface area (TPSA) is 57.4 Å². The third-order valence-corrected chi connectivity index (χ3v) is 9.67. The molecule has 7 aromatic carbocycles. The van der Waals surface area contributed by atoms with Gasteiger partial charge in [-0.2, -0.15) is 10.5 Å². The Labute approximate surface area is 283 Å². The van der Waals surface area contributed by atoms with Crippen molar-refractivity contribution in [2.45, 2.75) is 6.54 Å². The van der Waals surface area contributed by atoms with Gasteiger partial charge in [-0.25, -0.2) is 0 Å². The van der Waals surface area contributed by atoms with E-state index in [4.69, 9.17) is 0 Å². The van der Waals surface area contributed by atoms with E-state index < -0.39 is 0 Å². The largest absolute Gasteiger partial charge is 0.336 e. The number of fused-ring (bicyclic) bond motifs is 6. The maximum absolute atomic E-state index is 10.2. The molecule has 0 radical (unpaired) electrons. The Kier molecular flexibility index (Phi) is 6.61. The maximum Gasteiger partial charge on any atom is 0.0995 e. The number of hydrogen-bond acceptors (Lipinski definition) is 2. The molecule has 0 bridgehead atoms. The van der Waals surface area contributed by atoms with Crippen molar-refractivity contribution in [3.8, 4) is 40.1 Å². The van der Waals surface area contributed by atoms with Crippen molar-refractivity contribution < 1.29 is 0 Å². The first-order valence-electron chi connectivity index (χ1n) is 16.3. The molecule has 0 saturated heterocycles. The van der Waals surface area contributed by atoms with Gasteiger partial charge in [-0.05, 0) is 82.9 Å². The summed E-state index contributed by atoms with van der Waals surface area (Å²) in [6.45, 7) is 0.548. The van der Waals surface area contributed by atoms with E-state index in [-0.39, 0.29) is 0 Å². The highest BCUT2D eigenvalue weighted by Crippen LogP contribution is 2.38. The van der Waals surface area contributed by atoms with E-state index in [0.717, 1.165) is 55.6 Å². The number of nitrogens with zero attached hydrogens (tertiary/aromatic N) is 4. The van der Waals surface area contributed by atoms with Crippen LogP contribution in [0.25, 0.3) is 71.6 Å². The molecule has 0 amide bonds. The normalized spacial score (nSPS) is 11.3. The summed E-state index contributed by atoms with van der Waals surface area (Å²) in [4.78, 5) is 0. The van der Waals surface area contributed by atoms with Gasteiger partial charge in [0.2, 0.25) is 0 Å². The lowest BCUT2D eigenvalue weighted by Gasteiger charge is -2.16. The molecule has 0 spiro atoms. The second kappa shape index (κ2) is 11.4. The van der Waals surface area contributed by atoms with Crippen LogP contribution in [0.2, 0.25) is 0 Å². The Balaban J connectivity index is 1.20. The zero-order valence-electron chi connectivity index (χ0n) is 26.5. The van der Waals surface area contributed by atoms with Crippen molar-refractivity contribution in [1.82, 2.24) is 9.13 Å². The highest BCUT2D eigenvalue weighted by molar-refractivity contribution is 6.10. The van der Waals surface area contributed by atoms with E-state index in [2.05, 4.69) is 155 Å². The molecule has 0 N–H and O–H groups in total. The van der Waals surface area contributed by atoms with Crippen LogP contribution >= 0.6 is 0 Å². The van der Waals surface area contributed by atoms with Crippen molar-refractivity contribution >= 4 is 43.6 Å². The molecule has 0 aliphatic heterocycles. The van der Waals surface area contributed by atoms with Gasteiger partial charge in [0.05, 0.1) is 40.0 Å². The van der Waals surface area contributed by atoms with Crippen molar-refractivity contribution in [2.24, 2.45) is 0 Å². The number of hydrogen-bond donors (Lipinski definition) is 0. The van der Waals surface area contributed by atoms with E-state index >= 15 is 0 Å². The lowest BCUT2D eigenvalue weighted by atomic mass is 9.93. The molecule has 49 heavy (non-hydrogen) atoms. The van der Waals surface area contributed by atoms with Gasteiger partial charge in [-0.15, -0.1) is 0 Å². The molecule has 4 heteroatoms. The summed E-state index contributed by atoms with van der Waals surface area (Å²) in [5, 5.41) is 25.2. The van der Waals surface area contributed by atoms with Gasteiger partial charge in [0.25, 0.3) is 0 Å². The first kappa shape index (κ1) is 28.4. The Bertz CT molecular complexity index is 2730. The maximum atomic E-state index is 10.2. The van der Waals surface area contributed by atoms with E-state index in [9.17, 15) is 10.5 Å². The highest BCUT2D eigenvalue weighted by atomic mass is 15.0. The van der Waals surface area contributed by atoms with Crippen LogP contribution in [-0.4, -0.2) is 9.13 Å². The molecular formula is C45H28N4. The van der Waals surface area contributed by atoms with Crippen LogP contribution in [0.3, 0.4) is 0 Å².